The Bertz CT molecular complexity index is 550. The third kappa shape index (κ3) is 2.07. The fraction of sp³-hybridized carbons (Fsp3) is 0.562. The number of anilines is 2. The van der Waals surface area contributed by atoms with Gasteiger partial charge in [0.15, 0.2) is 0 Å². The number of benzene rings is 1. The van der Waals surface area contributed by atoms with Crippen LogP contribution in [0, 0.1) is 12.7 Å². The molecule has 3 nitrogen and oxygen atoms in total. The van der Waals surface area contributed by atoms with Crippen LogP contribution < -0.4 is 10.2 Å². The van der Waals surface area contributed by atoms with Crippen LogP contribution in [0.2, 0.25) is 0 Å². The molecule has 1 fully saturated rings. The monoisotopic (exact) mass is 276 g/mol. The van der Waals surface area contributed by atoms with Crippen LogP contribution in [0.15, 0.2) is 12.1 Å². The van der Waals surface area contributed by atoms with Gasteiger partial charge < -0.3 is 10.2 Å². The van der Waals surface area contributed by atoms with Crippen LogP contribution in [-0.2, 0) is 4.79 Å². The molecule has 0 saturated heterocycles. The van der Waals surface area contributed by atoms with Gasteiger partial charge in [-0.3, -0.25) is 4.79 Å². The lowest BCUT2D eigenvalue weighted by molar-refractivity contribution is -0.117. The molecule has 1 N–H and O–H groups in total. The van der Waals surface area contributed by atoms with Crippen molar-refractivity contribution in [2.75, 3.05) is 17.3 Å². The Hall–Kier alpha value is -1.58. The summed E-state index contributed by atoms with van der Waals surface area (Å²) >= 11 is 0. The Labute approximate surface area is 119 Å². The van der Waals surface area contributed by atoms with Crippen molar-refractivity contribution < 1.29 is 9.18 Å². The van der Waals surface area contributed by atoms with E-state index in [2.05, 4.69) is 10.2 Å². The van der Waals surface area contributed by atoms with Crippen LogP contribution in [0.1, 0.15) is 44.1 Å². The van der Waals surface area contributed by atoms with Crippen LogP contribution in [0.4, 0.5) is 15.8 Å². The number of fused-ring (bicyclic) bond motifs is 1. The minimum Gasteiger partial charge on any atom is -0.367 e. The van der Waals surface area contributed by atoms with Gasteiger partial charge in [-0.15, -0.1) is 0 Å². The number of nitrogens with one attached hydrogen (secondary N) is 1. The molecule has 108 valence electrons. The van der Waals surface area contributed by atoms with E-state index < -0.39 is 0 Å². The number of nitrogens with zero attached hydrogens (tertiary/aromatic N) is 1. The average molecular weight is 276 g/mol. The quantitative estimate of drug-likeness (QED) is 0.785. The number of halogens is 1. The summed E-state index contributed by atoms with van der Waals surface area (Å²) in [6, 6.07) is 3.30. The van der Waals surface area contributed by atoms with Gasteiger partial charge in [-0.1, -0.05) is 19.3 Å². The van der Waals surface area contributed by atoms with E-state index in [-0.39, 0.29) is 17.3 Å². The summed E-state index contributed by atoms with van der Waals surface area (Å²) in [7, 11) is 2.04. The van der Waals surface area contributed by atoms with Crippen molar-refractivity contribution in [2.24, 2.45) is 0 Å². The van der Waals surface area contributed by atoms with Crippen molar-refractivity contribution in [3.05, 3.63) is 23.5 Å². The summed E-state index contributed by atoms with van der Waals surface area (Å²) in [5.74, 6) is -0.266. The summed E-state index contributed by atoms with van der Waals surface area (Å²) < 4.78 is 13.8. The first kappa shape index (κ1) is 13.4. The third-order valence-corrected chi connectivity index (χ3v) is 4.90. The van der Waals surface area contributed by atoms with Crippen LogP contribution in [0.3, 0.4) is 0 Å². The molecule has 1 aromatic rings. The molecule has 1 aliphatic carbocycles. The van der Waals surface area contributed by atoms with Gasteiger partial charge in [0.2, 0.25) is 5.91 Å². The molecule has 1 amide bonds. The Morgan fingerprint density at radius 3 is 2.65 bits per heavy atom. The van der Waals surface area contributed by atoms with Crippen molar-refractivity contribution in [1.29, 1.82) is 0 Å². The average Bonchev–Trinajstić information content (AvgIpc) is 2.50. The first-order chi connectivity index (χ1) is 9.52. The van der Waals surface area contributed by atoms with Crippen LogP contribution >= 0.6 is 0 Å². The number of rotatable bonds is 0. The molecule has 1 saturated carbocycles. The smallest absolute Gasteiger partial charge is 0.226 e. The highest BCUT2D eigenvalue weighted by Crippen LogP contribution is 2.43. The molecule has 3 rings (SSSR count). The van der Waals surface area contributed by atoms with E-state index in [0.29, 0.717) is 17.7 Å². The van der Waals surface area contributed by atoms with E-state index in [0.717, 1.165) is 31.4 Å². The molecule has 0 aromatic heterocycles. The SMILES string of the molecule is Cc1cc2c(cc1F)NC(=O)CC1(CCCCC1)N2C. The standard InChI is InChI=1S/C16H21FN2O/c1-11-8-14-13(9-12(11)17)18-15(20)10-16(19(14)2)6-4-3-5-7-16/h8-9H,3-7,10H2,1-2H3,(H,18,20). The van der Waals surface area contributed by atoms with Crippen molar-refractivity contribution in [3.63, 3.8) is 0 Å². The fourth-order valence-corrected chi connectivity index (χ4v) is 3.63. The normalized spacial score (nSPS) is 21.4. The van der Waals surface area contributed by atoms with E-state index in [9.17, 15) is 9.18 Å². The van der Waals surface area contributed by atoms with Crippen LogP contribution in [-0.4, -0.2) is 18.5 Å². The maximum atomic E-state index is 13.8. The molecule has 1 aliphatic heterocycles. The Balaban J connectivity index is 2.10. The number of amides is 1. The zero-order chi connectivity index (χ0) is 14.3. The van der Waals surface area contributed by atoms with Crippen molar-refractivity contribution in [1.82, 2.24) is 0 Å². The summed E-state index contributed by atoms with van der Waals surface area (Å²) in [6.07, 6.45) is 6.13. The van der Waals surface area contributed by atoms with Crippen LogP contribution in [0.25, 0.3) is 0 Å². The summed E-state index contributed by atoms with van der Waals surface area (Å²) in [5, 5.41) is 2.87. The lowest BCUT2D eigenvalue weighted by Crippen LogP contribution is -2.49. The van der Waals surface area contributed by atoms with E-state index >= 15 is 0 Å². The largest absolute Gasteiger partial charge is 0.367 e. The zero-order valence-corrected chi connectivity index (χ0v) is 12.1. The maximum absolute atomic E-state index is 13.8. The van der Waals surface area contributed by atoms with E-state index in [1.807, 2.05) is 13.1 Å². The number of aryl methyl sites for hydroxylation is 1. The van der Waals surface area contributed by atoms with Gasteiger partial charge in [-0.05, 0) is 37.5 Å². The van der Waals surface area contributed by atoms with Gasteiger partial charge in [0.1, 0.15) is 5.82 Å². The molecule has 1 aromatic carbocycles. The number of carbonyl (C=O) groups is 1. The van der Waals surface area contributed by atoms with Gasteiger partial charge in [-0.25, -0.2) is 4.39 Å². The molecule has 0 bridgehead atoms. The Morgan fingerprint density at radius 1 is 1.25 bits per heavy atom. The summed E-state index contributed by atoms with van der Waals surface area (Å²) in [5.41, 5.74) is 2.06. The molecular weight excluding hydrogens is 255 g/mol. The second-order valence-corrected chi connectivity index (χ2v) is 6.19. The van der Waals surface area contributed by atoms with Gasteiger partial charge in [0, 0.05) is 12.6 Å². The predicted molar refractivity (Wildman–Crippen MR) is 78.6 cm³/mol. The topological polar surface area (TPSA) is 32.3 Å². The second kappa shape index (κ2) is 4.76. The highest BCUT2D eigenvalue weighted by atomic mass is 19.1. The van der Waals surface area contributed by atoms with Gasteiger partial charge >= 0.3 is 0 Å². The van der Waals surface area contributed by atoms with E-state index in [1.165, 1.54) is 12.5 Å². The predicted octanol–water partition coefficient (Wildman–Crippen LogP) is 3.62. The first-order valence-corrected chi connectivity index (χ1v) is 7.36. The molecule has 1 spiro atoms. The molecule has 1 heterocycles. The Morgan fingerprint density at radius 2 is 1.95 bits per heavy atom. The summed E-state index contributed by atoms with van der Waals surface area (Å²) in [4.78, 5) is 14.4. The lowest BCUT2D eigenvalue weighted by Gasteiger charge is -2.44. The maximum Gasteiger partial charge on any atom is 0.226 e. The molecule has 4 heteroatoms. The molecule has 0 radical (unpaired) electrons. The van der Waals surface area contributed by atoms with E-state index in [1.54, 1.807) is 6.92 Å². The number of hydrogen-bond acceptors (Lipinski definition) is 2. The molecule has 0 atom stereocenters. The molecular formula is C16H21FN2O. The fourth-order valence-electron chi connectivity index (χ4n) is 3.63. The van der Waals surface area contributed by atoms with Crippen LogP contribution in [0.5, 0.6) is 0 Å². The van der Waals surface area contributed by atoms with Crippen molar-refractivity contribution in [2.45, 2.75) is 51.0 Å². The highest BCUT2D eigenvalue weighted by molar-refractivity contribution is 5.97. The second-order valence-electron chi connectivity index (χ2n) is 6.19. The number of carbonyl (C=O) groups excluding carboxylic acids is 1. The third-order valence-electron chi connectivity index (χ3n) is 4.90. The highest BCUT2D eigenvalue weighted by Gasteiger charge is 2.41. The Kier molecular flexibility index (Phi) is 3.19. The van der Waals surface area contributed by atoms with Gasteiger partial charge in [-0.2, -0.15) is 0 Å². The lowest BCUT2D eigenvalue weighted by atomic mass is 9.78. The van der Waals surface area contributed by atoms with Gasteiger partial charge in [0.25, 0.3) is 0 Å². The zero-order valence-electron chi connectivity index (χ0n) is 12.1. The number of hydrogen-bond donors (Lipinski definition) is 1. The molecule has 0 unspecified atom stereocenters. The molecule has 20 heavy (non-hydrogen) atoms. The van der Waals surface area contributed by atoms with Crippen molar-refractivity contribution in [3.8, 4) is 0 Å². The van der Waals surface area contributed by atoms with Crippen molar-refractivity contribution >= 4 is 17.3 Å². The minimum atomic E-state index is -0.267. The van der Waals surface area contributed by atoms with Gasteiger partial charge in [0.05, 0.1) is 17.8 Å². The first-order valence-electron chi connectivity index (χ1n) is 7.36. The summed E-state index contributed by atoms with van der Waals surface area (Å²) in [6.45, 7) is 1.77. The minimum absolute atomic E-state index is 0.000697. The molecule has 2 aliphatic rings. The van der Waals surface area contributed by atoms with E-state index in [4.69, 9.17) is 0 Å².